The van der Waals surface area contributed by atoms with Crippen molar-refractivity contribution in [2.24, 2.45) is 11.8 Å². The minimum absolute atomic E-state index is 0.275. The molecule has 2 fully saturated rings. The predicted molar refractivity (Wildman–Crippen MR) is 88.0 cm³/mol. The van der Waals surface area contributed by atoms with Gasteiger partial charge in [0.25, 0.3) is 0 Å². The Morgan fingerprint density at radius 3 is 2.76 bits per heavy atom. The monoisotopic (exact) mass is 291 g/mol. The van der Waals surface area contributed by atoms with Gasteiger partial charge in [0.15, 0.2) is 0 Å². The third-order valence-corrected chi connectivity index (χ3v) is 5.76. The number of hydrogen-bond acceptors (Lipinski definition) is 3. The van der Waals surface area contributed by atoms with E-state index in [9.17, 15) is 5.26 Å². The standard InChI is InChI=1S/C18H33N3/c1-5-9-20-18(13-19)8-6-7-17(11-18)21-12-14(2)10-15(3)16(21)4/h14-17,20H,5-12H2,1-4H3. The fraction of sp³-hybridized carbons (Fsp3) is 0.944. The van der Waals surface area contributed by atoms with Crippen LogP contribution in [0, 0.1) is 23.2 Å². The lowest BCUT2D eigenvalue weighted by atomic mass is 9.76. The molecule has 3 heteroatoms. The Morgan fingerprint density at radius 2 is 2.10 bits per heavy atom. The molecule has 1 aliphatic carbocycles. The van der Waals surface area contributed by atoms with Gasteiger partial charge in [-0.1, -0.05) is 20.8 Å². The van der Waals surface area contributed by atoms with Gasteiger partial charge in [-0.15, -0.1) is 0 Å². The molecule has 120 valence electrons. The van der Waals surface area contributed by atoms with Gasteiger partial charge in [-0.25, -0.2) is 0 Å². The highest BCUT2D eigenvalue weighted by molar-refractivity contribution is 5.11. The summed E-state index contributed by atoms with van der Waals surface area (Å²) in [7, 11) is 0. The van der Waals surface area contributed by atoms with Crippen LogP contribution < -0.4 is 5.32 Å². The lowest BCUT2D eigenvalue weighted by Crippen LogP contribution is -2.57. The molecule has 3 nitrogen and oxygen atoms in total. The van der Waals surface area contributed by atoms with Crippen LogP contribution in [0.25, 0.3) is 0 Å². The first-order chi connectivity index (χ1) is 10.0. The van der Waals surface area contributed by atoms with E-state index in [4.69, 9.17) is 0 Å². The van der Waals surface area contributed by atoms with Crippen LogP contribution in [-0.4, -0.2) is 35.6 Å². The summed E-state index contributed by atoms with van der Waals surface area (Å²) in [6, 6.07) is 3.87. The van der Waals surface area contributed by atoms with E-state index in [0.717, 1.165) is 37.6 Å². The topological polar surface area (TPSA) is 39.1 Å². The minimum Gasteiger partial charge on any atom is -0.299 e. The highest BCUT2D eigenvalue weighted by Gasteiger charge is 2.41. The van der Waals surface area contributed by atoms with Gasteiger partial charge >= 0.3 is 0 Å². The maximum Gasteiger partial charge on any atom is 0.108 e. The van der Waals surface area contributed by atoms with E-state index in [1.54, 1.807) is 0 Å². The molecular formula is C18H33N3. The second-order valence-corrected chi connectivity index (χ2v) is 7.63. The maximum absolute atomic E-state index is 9.72. The molecule has 2 aliphatic rings. The molecule has 0 amide bonds. The number of likely N-dealkylation sites (tertiary alicyclic amines) is 1. The summed E-state index contributed by atoms with van der Waals surface area (Å²) in [4.78, 5) is 2.72. The molecule has 0 aromatic carbocycles. The van der Waals surface area contributed by atoms with Crippen LogP contribution in [-0.2, 0) is 0 Å². The number of rotatable bonds is 4. The molecule has 0 bridgehead atoms. The van der Waals surface area contributed by atoms with E-state index >= 15 is 0 Å². The molecule has 1 saturated heterocycles. The summed E-state index contributed by atoms with van der Waals surface area (Å²) in [5.41, 5.74) is -0.275. The SMILES string of the molecule is CCCNC1(C#N)CCCC(N2CC(C)CC(C)C2C)C1. The minimum atomic E-state index is -0.275. The van der Waals surface area contributed by atoms with Crippen LogP contribution in [0.1, 0.15) is 66.2 Å². The van der Waals surface area contributed by atoms with Crippen molar-refractivity contribution in [2.45, 2.75) is 83.8 Å². The maximum atomic E-state index is 9.72. The van der Waals surface area contributed by atoms with Gasteiger partial charge in [-0.3, -0.25) is 10.2 Å². The Kier molecular flexibility index (Phi) is 5.68. The first-order valence-electron chi connectivity index (χ1n) is 8.93. The second-order valence-electron chi connectivity index (χ2n) is 7.63. The summed E-state index contributed by atoms with van der Waals surface area (Å²) in [6.07, 6.45) is 6.92. The van der Waals surface area contributed by atoms with Gasteiger partial charge in [-0.05, 0) is 63.8 Å². The van der Waals surface area contributed by atoms with Crippen LogP contribution in [0.3, 0.4) is 0 Å². The molecule has 21 heavy (non-hydrogen) atoms. The van der Waals surface area contributed by atoms with Crippen LogP contribution >= 0.6 is 0 Å². The molecule has 1 N–H and O–H groups in total. The van der Waals surface area contributed by atoms with Crippen LogP contribution in [0.4, 0.5) is 0 Å². The van der Waals surface area contributed by atoms with Gasteiger partial charge in [0.05, 0.1) is 6.07 Å². The Balaban J connectivity index is 2.07. The molecular weight excluding hydrogens is 258 g/mol. The zero-order valence-electron chi connectivity index (χ0n) is 14.4. The van der Waals surface area contributed by atoms with Gasteiger partial charge in [0.2, 0.25) is 0 Å². The van der Waals surface area contributed by atoms with Gasteiger partial charge in [0.1, 0.15) is 5.54 Å². The Labute approximate surface area is 131 Å². The average molecular weight is 291 g/mol. The highest BCUT2D eigenvalue weighted by Crippen LogP contribution is 2.36. The summed E-state index contributed by atoms with van der Waals surface area (Å²) in [5.74, 6) is 1.56. The van der Waals surface area contributed by atoms with Crippen molar-refractivity contribution < 1.29 is 0 Å². The summed E-state index contributed by atoms with van der Waals surface area (Å²) in [6.45, 7) is 11.5. The molecule has 0 radical (unpaired) electrons. The summed E-state index contributed by atoms with van der Waals surface area (Å²) >= 11 is 0. The lowest BCUT2D eigenvalue weighted by molar-refractivity contribution is 0.0138. The molecule has 2 rings (SSSR count). The van der Waals surface area contributed by atoms with E-state index < -0.39 is 0 Å². The summed E-state index contributed by atoms with van der Waals surface area (Å²) in [5, 5.41) is 13.3. The number of piperidine rings is 1. The van der Waals surface area contributed by atoms with Gasteiger partial charge in [-0.2, -0.15) is 5.26 Å². The third kappa shape index (κ3) is 3.79. The number of nitriles is 1. The van der Waals surface area contributed by atoms with E-state index in [-0.39, 0.29) is 5.54 Å². The first-order valence-corrected chi connectivity index (χ1v) is 8.93. The van der Waals surface area contributed by atoms with Crippen molar-refractivity contribution in [3.8, 4) is 6.07 Å². The molecule has 0 aromatic heterocycles. The molecule has 5 unspecified atom stereocenters. The van der Waals surface area contributed by atoms with Gasteiger partial charge < -0.3 is 0 Å². The Bertz CT molecular complexity index is 375. The average Bonchev–Trinajstić information content (AvgIpc) is 2.49. The van der Waals surface area contributed by atoms with Crippen LogP contribution in [0.2, 0.25) is 0 Å². The third-order valence-electron chi connectivity index (χ3n) is 5.76. The van der Waals surface area contributed by atoms with Crippen molar-refractivity contribution in [1.29, 1.82) is 5.26 Å². The zero-order chi connectivity index (χ0) is 15.5. The Hall–Kier alpha value is -0.590. The summed E-state index contributed by atoms with van der Waals surface area (Å²) < 4.78 is 0. The van der Waals surface area contributed by atoms with E-state index in [0.29, 0.717) is 12.1 Å². The second kappa shape index (κ2) is 7.11. The van der Waals surface area contributed by atoms with Crippen molar-refractivity contribution in [3.05, 3.63) is 0 Å². The predicted octanol–water partition coefficient (Wildman–Crippen LogP) is 3.56. The largest absolute Gasteiger partial charge is 0.299 e. The molecule has 5 atom stereocenters. The fourth-order valence-corrected chi connectivity index (χ4v) is 4.44. The van der Waals surface area contributed by atoms with Crippen LogP contribution in [0.15, 0.2) is 0 Å². The van der Waals surface area contributed by atoms with Crippen molar-refractivity contribution in [3.63, 3.8) is 0 Å². The van der Waals surface area contributed by atoms with E-state index in [1.807, 2.05) is 0 Å². The number of nitrogens with zero attached hydrogens (tertiary/aromatic N) is 2. The zero-order valence-corrected chi connectivity index (χ0v) is 14.4. The van der Waals surface area contributed by atoms with E-state index in [2.05, 4.69) is 44.0 Å². The lowest BCUT2D eigenvalue weighted by Gasteiger charge is -2.49. The first kappa shape index (κ1) is 16.8. The molecule has 0 spiro atoms. The molecule has 1 saturated carbocycles. The van der Waals surface area contributed by atoms with Crippen LogP contribution in [0.5, 0.6) is 0 Å². The highest BCUT2D eigenvalue weighted by atomic mass is 15.2. The van der Waals surface area contributed by atoms with Crippen molar-refractivity contribution in [2.75, 3.05) is 13.1 Å². The smallest absolute Gasteiger partial charge is 0.108 e. The van der Waals surface area contributed by atoms with E-state index in [1.165, 1.54) is 25.8 Å². The fourth-order valence-electron chi connectivity index (χ4n) is 4.44. The molecule has 1 aliphatic heterocycles. The number of nitrogens with one attached hydrogen (secondary N) is 1. The van der Waals surface area contributed by atoms with Crippen molar-refractivity contribution in [1.82, 2.24) is 10.2 Å². The molecule has 0 aromatic rings. The quantitative estimate of drug-likeness (QED) is 0.861. The van der Waals surface area contributed by atoms with Crippen molar-refractivity contribution >= 4 is 0 Å². The Morgan fingerprint density at radius 1 is 1.33 bits per heavy atom. The normalized spacial score (nSPS) is 41.7. The molecule has 1 heterocycles. The number of hydrogen-bond donors (Lipinski definition) is 1. The van der Waals surface area contributed by atoms with Gasteiger partial charge in [0, 0.05) is 18.6 Å².